The standard InChI is InChI=1S/C25H40O4Si/c1-23(2,3)28-22(27)25(18-19-12-10-9-11-13-19)17-16-20(14-15-21(25)26)29-30(7,8)24(4,5)6/h9-13,20H,14-18H2,1-8H3/t20-,25+/m1/s1. The number of hydrogen-bond donors (Lipinski definition) is 0. The quantitative estimate of drug-likeness (QED) is 0.244. The molecule has 2 rings (SSSR count). The van der Waals surface area contributed by atoms with Gasteiger partial charge in [-0.25, -0.2) is 0 Å². The Bertz CT molecular complexity index is 743. The molecule has 0 bridgehead atoms. The molecule has 0 N–H and O–H groups in total. The summed E-state index contributed by atoms with van der Waals surface area (Å²) in [5, 5.41) is 0.107. The van der Waals surface area contributed by atoms with E-state index in [1.807, 2.05) is 51.1 Å². The van der Waals surface area contributed by atoms with Crippen LogP contribution >= 0.6 is 0 Å². The molecule has 1 aliphatic carbocycles. The van der Waals surface area contributed by atoms with Gasteiger partial charge in [0, 0.05) is 12.5 Å². The van der Waals surface area contributed by atoms with E-state index >= 15 is 0 Å². The maximum atomic E-state index is 13.4. The van der Waals surface area contributed by atoms with Gasteiger partial charge in [-0.05, 0) is 70.2 Å². The molecule has 2 atom stereocenters. The third-order valence-electron chi connectivity index (χ3n) is 6.53. The maximum Gasteiger partial charge on any atom is 0.320 e. The molecule has 1 saturated carbocycles. The molecular formula is C25H40O4Si. The zero-order valence-corrected chi connectivity index (χ0v) is 21.1. The second-order valence-corrected chi connectivity index (χ2v) is 16.0. The van der Waals surface area contributed by atoms with Gasteiger partial charge >= 0.3 is 5.97 Å². The summed E-state index contributed by atoms with van der Waals surface area (Å²) in [5.74, 6) is -0.404. The Morgan fingerprint density at radius 2 is 1.67 bits per heavy atom. The Hall–Kier alpha value is -1.46. The number of benzene rings is 1. The second kappa shape index (κ2) is 8.95. The van der Waals surface area contributed by atoms with Gasteiger partial charge < -0.3 is 9.16 Å². The van der Waals surface area contributed by atoms with Crippen molar-refractivity contribution in [3.63, 3.8) is 0 Å². The van der Waals surface area contributed by atoms with Crippen molar-refractivity contribution in [2.75, 3.05) is 0 Å². The minimum absolute atomic E-state index is 0.00919. The molecule has 0 saturated heterocycles. The predicted molar refractivity (Wildman–Crippen MR) is 124 cm³/mol. The molecule has 0 radical (unpaired) electrons. The van der Waals surface area contributed by atoms with Gasteiger partial charge in [-0.3, -0.25) is 9.59 Å². The fraction of sp³-hybridized carbons (Fsp3) is 0.680. The largest absolute Gasteiger partial charge is 0.459 e. The number of esters is 1. The Kier molecular flexibility index (Phi) is 7.40. The summed E-state index contributed by atoms with van der Waals surface area (Å²) in [6.07, 6.45) is 2.58. The summed E-state index contributed by atoms with van der Waals surface area (Å²) in [6, 6.07) is 9.80. The van der Waals surface area contributed by atoms with Crippen LogP contribution < -0.4 is 0 Å². The van der Waals surface area contributed by atoms with Crippen LogP contribution in [0.3, 0.4) is 0 Å². The molecule has 30 heavy (non-hydrogen) atoms. The highest BCUT2D eigenvalue weighted by atomic mass is 28.4. The molecule has 0 amide bonds. The van der Waals surface area contributed by atoms with Crippen molar-refractivity contribution in [3.8, 4) is 0 Å². The average molecular weight is 433 g/mol. The number of rotatable bonds is 5. The number of ketones is 1. The normalized spacial score (nSPS) is 23.7. The molecule has 1 aromatic carbocycles. The summed E-state index contributed by atoms with van der Waals surface area (Å²) in [6.45, 7) is 16.7. The lowest BCUT2D eigenvalue weighted by molar-refractivity contribution is -0.171. The van der Waals surface area contributed by atoms with Gasteiger partial charge in [0.15, 0.2) is 14.1 Å². The first kappa shape index (κ1) is 24.8. The van der Waals surface area contributed by atoms with Gasteiger partial charge in [-0.2, -0.15) is 0 Å². The van der Waals surface area contributed by atoms with E-state index in [1.165, 1.54) is 0 Å². The van der Waals surface area contributed by atoms with Crippen LogP contribution in [-0.2, 0) is 25.2 Å². The third kappa shape index (κ3) is 6.04. The Balaban J connectivity index is 2.32. The molecule has 4 nitrogen and oxygen atoms in total. The van der Waals surface area contributed by atoms with Crippen molar-refractivity contribution < 1.29 is 18.8 Å². The van der Waals surface area contributed by atoms with Crippen LogP contribution in [0, 0.1) is 5.41 Å². The molecule has 0 aromatic heterocycles. The molecule has 1 aliphatic rings. The highest BCUT2D eigenvalue weighted by Gasteiger charge is 2.50. The Morgan fingerprint density at radius 1 is 1.07 bits per heavy atom. The van der Waals surface area contributed by atoms with Gasteiger partial charge in [0.25, 0.3) is 0 Å². The lowest BCUT2D eigenvalue weighted by Crippen LogP contribution is -2.45. The van der Waals surface area contributed by atoms with Crippen LogP contribution in [0.5, 0.6) is 0 Å². The molecule has 0 aliphatic heterocycles. The van der Waals surface area contributed by atoms with Gasteiger partial charge in [-0.15, -0.1) is 0 Å². The summed E-state index contributed by atoms with van der Waals surface area (Å²) in [5.41, 5.74) is -0.787. The monoisotopic (exact) mass is 432 g/mol. The van der Waals surface area contributed by atoms with E-state index in [-0.39, 0.29) is 16.9 Å². The highest BCUT2D eigenvalue weighted by Crippen LogP contribution is 2.42. The number of carbonyl (C=O) groups excluding carboxylic acids is 2. The molecule has 1 fully saturated rings. The zero-order valence-electron chi connectivity index (χ0n) is 20.1. The fourth-order valence-electron chi connectivity index (χ4n) is 3.73. The van der Waals surface area contributed by atoms with Gasteiger partial charge in [0.05, 0.1) is 0 Å². The zero-order chi connectivity index (χ0) is 22.8. The van der Waals surface area contributed by atoms with Gasteiger partial charge in [0.2, 0.25) is 0 Å². The van der Waals surface area contributed by atoms with Crippen molar-refractivity contribution in [2.45, 2.75) is 103 Å². The van der Waals surface area contributed by atoms with E-state index in [0.29, 0.717) is 32.1 Å². The minimum Gasteiger partial charge on any atom is -0.459 e. The number of Topliss-reactive ketones (excluding diaryl/α,β-unsaturated/α-hetero) is 1. The molecule has 0 unspecified atom stereocenters. The first-order valence-electron chi connectivity index (χ1n) is 11.1. The van der Waals surface area contributed by atoms with Crippen LogP contribution in [0.2, 0.25) is 18.1 Å². The van der Waals surface area contributed by atoms with Crippen molar-refractivity contribution in [3.05, 3.63) is 35.9 Å². The molecule has 0 heterocycles. The molecule has 1 aromatic rings. The predicted octanol–water partition coefficient (Wildman–Crippen LogP) is 6.09. The number of hydrogen-bond acceptors (Lipinski definition) is 4. The minimum atomic E-state index is -1.95. The Labute approximate surface area is 183 Å². The van der Waals surface area contributed by atoms with E-state index in [9.17, 15) is 9.59 Å². The van der Waals surface area contributed by atoms with Crippen molar-refractivity contribution in [2.24, 2.45) is 5.41 Å². The van der Waals surface area contributed by atoms with E-state index in [4.69, 9.17) is 9.16 Å². The summed E-state index contributed by atoms with van der Waals surface area (Å²) < 4.78 is 12.4. The second-order valence-electron chi connectivity index (χ2n) is 11.2. The maximum absolute atomic E-state index is 13.4. The van der Waals surface area contributed by atoms with Crippen LogP contribution in [0.15, 0.2) is 30.3 Å². The lowest BCUT2D eigenvalue weighted by Gasteiger charge is -2.39. The average Bonchev–Trinajstić information content (AvgIpc) is 2.74. The Morgan fingerprint density at radius 3 is 2.20 bits per heavy atom. The summed E-state index contributed by atoms with van der Waals surface area (Å²) in [7, 11) is -1.95. The highest BCUT2D eigenvalue weighted by molar-refractivity contribution is 6.74. The first-order valence-corrected chi connectivity index (χ1v) is 14.1. The van der Waals surface area contributed by atoms with E-state index in [1.54, 1.807) is 0 Å². The topological polar surface area (TPSA) is 52.6 Å². The van der Waals surface area contributed by atoms with E-state index in [0.717, 1.165) is 5.56 Å². The SMILES string of the molecule is CC(C)(C)OC(=O)[C@]1(Cc2ccccc2)CC[C@H](O[Si](C)(C)C(C)(C)C)CCC1=O. The first-order chi connectivity index (χ1) is 13.7. The van der Waals surface area contributed by atoms with E-state index < -0.39 is 25.3 Å². The molecule has 0 spiro atoms. The van der Waals surface area contributed by atoms with Crippen LogP contribution in [0.25, 0.3) is 0 Å². The number of carbonyl (C=O) groups is 2. The third-order valence-corrected chi connectivity index (χ3v) is 11.1. The van der Waals surface area contributed by atoms with Crippen molar-refractivity contribution in [1.29, 1.82) is 0 Å². The summed E-state index contributed by atoms with van der Waals surface area (Å²) >= 11 is 0. The van der Waals surface area contributed by atoms with Gasteiger partial charge in [0.1, 0.15) is 11.0 Å². The fourth-order valence-corrected chi connectivity index (χ4v) is 5.15. The lowest BCUT2D eigenvalue weighted by atomic mass is 9.74. The van der Waals surface area contributed by atoms with Gasteiger partial charge in [-0.1, -0.05) is 51.1 Å². The molecule has 168 valence electrons. The summed E-state index contributed by atoms with van der Waals surface area (Å²) in [4.78, 5) is 26.8. The smallest absolute Gasteiger partial charge is 0.320 e. The van der Waals surface area contributed by atoms with Crippen LogP contribution in [0.4, 0.5) is 0 Å². The number of ether oxygens (including phenoxy) is 1. The molecular weight excluding hydrogens is 392 g/mol. The van der Waals surface area contributed by atoms with Crippen LogP contribution in [-0.4, -0.2) is 31.8 Å². The van der Waals surface area contributed by atoms with Crippen LogP contribution in [0.1, 0.15) is 72.8 Å². The molecule has 5 heteroatoms. The van der Waals surface area contributed by atoms with Crippen molar-refractivity contribution in [1.82, 2.24) is 0 Å². The van der Waals surface area contributed by atoms with E-state index in [2.05, 4.69) is 33.9 Å². The van der Waals surface area contributed by atoms with Crippen molar-refractivity contribution >= 4 is 20.1 Å².